The molecule has 3 rings (SSSR count). The van der Waals surface area contributed by atoms with Crippen molar-refractivity contribution in [3.63, 3.8) is 0 Å². The number of amides is 2. The number of benzene rings is 1. The minimum Gasteiger partial charge on any atom is -0.368 e. The predicted molar refractivity (Wildman–Crippen MR) is 87.1 cm³/mol. The van der Waals surface area contributed by atoms with Gasteiger partial charge in [-0.15, -0.1) is 0 Å². The summed E-state index contributed by atoms with van der Waals surface area (Å²) in [5.74, 6) is 0.327. The van der Waals surface area contributed by atoms with Crippen LogP contribution in [-0.2, 0) is 7.05 Å². The smallest absolute Gasteiger partial charge is 0.323 e. The predicted octanol–water partition coefficient (Wildman–Crippen LogP) is 2.22. The van der Waals surface area contributed by atoms with Crippen LogP contribution in [0.3, 0.4) is 0 Å². The van der Waals surface area contributed by atoms with Crippen LogP contribution in [0.15, 0.2) is 30.3 Å². The number of carbonyl (C=O) groups is 1. The van der Waals surface area contributed by atoms with E-state index in [0.717, 1.165) is 24.5 Å². The molecule has 6 nitrogen and oxygen atoms in total. The normalized spacial score (nSPS) is 14.9. The number of aryl methyl sites for hydroxylation is 2. The molecule has 1 aliphatic rings. The summed E-state index contributed by atoms with van der Waals surface area (Å²) in [6, 6.07) is 8.15. The molecule has 1 aromatic heterocycles. The first kappa shape index (κ1) is 15.3. The molecule has 1 saturated heterocycles. The lowest BCUT2D eigenvalue weighted by atomic mass is 10.2. The van der Waals surface area contributed by atoms with Crippen LogP contribution < -0.4 is 10.2 Å². The lowest BCUT2D eigenvalue weighted by Gasteiger charge is -2.35. The molecule has 0 atom stereocenters. The van der Waals surface area contributed by atoms with Gasteiger partial charge in [-0.2, -0.15) is 5.10 Å². The zero-order chi connectivity index (χ0) is 16.4. The Bertz CT molecular complexity index is 669. The van der Waals surface area contributed by atoms with Crippen LogP contribution in [0.4, 0.5) is 20.7 Å². The molecule has 1 aromatic carbocycles. The first-order valence-electron chi connectivity index (χ1n) is 7.60. The Kier molecular flexibility index (Phi) is 4.18. The molecule has 0 saturated carbocycles. The van der Waals surface area contributed by atoms with Crippen molar-refractivity contribution >= 4 is 17.5 Å². The first-order chi connectivity index (χ1) is 11.0. The Balaban J connectivity index is 1.55. The van der Waals surface area contributed by atoms with Gasteiger partial charge in [0, 0.05) is 50.7 Å². The summed E-state index contributed by atoms with van der Waals surface area (Å²) < 4.78 is 14.7. The van der Waals surface area contributed by atoms with E-state index in [0.29, 0.717) is 18.9 Å². The summed E-state index contributed by atoms with van der Waals surface area (Å²) >= 11 is 0. The fraction of sp³-hybridized carbons (Fsp3) is 0.375. The van der Waals surface area contributed by atoms with Gasteiger partial charge >= 0.3 is 6.03 Å². The second kappa shape index (κ2) is 6.28. The first-order valence-corrected chi connectivity index (χ1v) is 7.60. The van der Waals surface area contributed by atoms with Crippen LogP contribution >= 0.6 is 0 Å². The van der Waals surface area contributed by atoms with Crippen molar-refractivity contribution in [2.75, 3.05) is 36.4 Å². The van der Waals surface area contributed by atoms with E-state index < -0.39 is 0 Å². The van der Waals surface area contributed by atoms with Crippen LogP contribution in [0.25, 0.3) is 0 Å². The van der Waals surface area contributed by atoms with Crippen LogP contribution in [0.5, 0.6) is 0 Å². The molecule has 2 heterocycles. The van der Waals surface area contributed by atoms with E-state index in [2.05, 4.69) is 15.3 Å². The summed E-state index contributed by atoms with van der Waals surface area (Å²) in [6.45, 7) is 4.62. The van der Waals surface area contributed by atoms with Gasteiger partial charge in [0.15, 0.2) is 5.82 Å². The van der Waals surface area contributed by atoms with E-state index in [1.165, 1.54) is 12.1 Å². The second-order valence-electron chi connectivity index (χ2n) is 5.68. The van der Waals surface area contributed by atoms with Crippen molar-refractivity contribution in [3.8, 4) is 0 Å². The fourth-order valence-corrected chi connectivity index (χ4v) is 2.63. The zero-order valence-electron chi connectivity index (χ0n) is 13.3. The standard InChI is InChI=1S/C16H20FN5O/c1-12-11-15(19-20(12)2)18-16(23)22-9-7-21(8-10-22)14-5-3-13(17)4-6-14/h3-6,11H,7-10H2,1-2H3,(H,18,19,23). The number of nitrogens with one attached hydrogen (secondary N) is 1. The molecule has 23 heavy (non-hydrogen) atoms. The monoisotopic (exact) mass is 317 g/mol. The summed E-state index contributed by atoms with van der Waals surface area (Å²) in [5.41, 5.74) is 1.97. The van der Waals surface area contributed by atoms with Gasteiger partial charge in [-0.1, -0.05) is 0 Å². The maximum Gasteiger partial charge on any atom is 0.323 e. The molecule has 122 valence electrons. The van der Waals surface area contributed by atoms with E-state index in [1.54, 1.807) is 21.7 Å². The van der Waals surface area contributed by atoms with Crippen LogP contribution in [0.2, 0.25) is 0 Å². The lowest BCUT2D eigenvalue weighted by molar-refractivity contribution is 0.208. The molecule has 0 bridgehead atoms. The summed E-state index contributed by atoms with van der Waals surface area (Å²) in [6.07, 6.45) is 0. The number of piperazine rings is 1. The van der Waals surface area contributed by atoms with Crippen molar-refractivity contribution in [1.29, 1.82) is 0 Å². The molecule has 0 radical (unpaired) electrons. The molecule has 0 unspecified atom stereocenters. The lowest BCUT2D eigenvalue weighted by Crippen LogP contribution is -2.50. The number of anilines is 2. The topological polar surface area (TPSA) is 53.4 Å². The number of carbonyl (C=O) groups excluding carboxylic acids is 1. The Hall–Kier alpha value is -2.57. The highest BCUT2D eigenvalue weighted by molar-refractivity contribution is 5.88. The van der Waals surface area contributed by atoms with Gasteiger partial charge in [-0.05, 0) is 31.2 Å². The number of rotatable bonds is 2. The molecular weight excluding hydrogens is 297 g/mol. The molecule has 2 aromatic rings. The Morgan fingerprint density at radius 2 is 1.83 bits per heavy atom. The van der Waals surface area contributed by atoms with Gasteiger partial charge in [0.1, 0.15) is 5.82 Å². The maximum atomic E-state index is 13.0. The molecule has 1 N–H and O–H groups in total. The minimum atomic E-state index is -0.239. The fourth-order valence-electron chi connectivity index (χ4n) is 2.63. The highest BCUT2D eigenvalue weighted by Crippen LogP contribution is 2.17. The number of halogens is 1. The van der Waals surface area contributed by atoms with Crippen LogP contribution in [0.1, 0.15) is 5.69 Å². The van der Waals surface area contributed by atoms with E-state index >= 15 is 0 Å². The second-order valence-corrected chi connectivity index (χ2v) is 5.68. The quantitative estimate of drug-likeness (QED) is 0.924. The van der Waals surface area contributed by atoms with E-state index in [1.807, 2.05) is 20.0 Å². The average molecular weight is 317 g/mol. The highest BCUT2D eigenvalue weighted by Gasteiger charge is 2.22. The Labute approximate surface area is 134 Å². The number of hydrogen-bond donors (Lipinski definition) is 1. The zero-order valence-corrected chi connectivity index (χ0v) is 13.3. The van der Waals surface area contributed by atoms with Gasteiger partial charge in [0.25, 0.3) is 0 Å². The van der Waals surface area contributed by atoms with Crippen LogP contribution in [-0.4, -0.2) is 46.9 Å². The molecule has 0 spiro atoms. The van der Waals surface area contributed by atoms with Crippen molar-refractivity contribution < 1.29 is 9.18 Å². The summed E-state index contributed by atoms with van der Waals surface area (Å²) in [5, 5.41) is 7.05. The van der Waals surface area contributed by atoms with E-state index in [9.17, 15) is 9.18 Å². The van der Waals surface area contributed by atoms with Crippen LogP contribution in [0, 0.1) is 12.7 Å². The summed E-state index contributed by atoms with van der Waals surface area (Å²) in [4.78, 5) is 16.2. The molecule has 1 fully saturated rings. The number of nitrogens with zero attached hydrogens (tertiary/aromatic N) is 4. The third kappa shape index (κ3) is 3.44. The van der Waals surface area contributed by atoms with E-state index in [-0.39, 0.29) is 11.8 Å². The Morgan fingerprint density at radius 3 is 2.39 bits per heavy atom. The molecular formula is C16H20FN5O. The SMILES string of the molecule is Cc1cc(NC(=O)N2CCN(c3ccc(F)cc3)CC2)nn1C. The third-order valence-electron chi connectivity index (χ3n) is 4.11. The van der Waals surface area contributed by atoms with Gasteiger partial charge in [-0.3, -0.25) is 10.00 Å². The third-order valence-corrected chi connectivity index (χ3v) is 4.11. The van der Waals surface area contributed by atoms with Crippen molar-refractivity contribution in [3.05, 3.63) is 41.8 Å². The molecule has 0 aliphatic carbocycles. The Morgan fingerprint density at radius 1 is 1.17 bits per heavy atom. The number of hydrogen-bond acceptors (Lipinski definition) is 3. The number of urea groups is 1. The van der Waals surface area contributed by atoms with Gasteiger partial charge in [-0.25, -0.2) is 9.18 Å². The summed E-state index contributed by atoms with van der Waals surface area (Å²) in [7, 11) is 1.84. The van der Waals surface area contributed by atoms with Crippen molar-refractivity contribution in [2.24, 2.45) is 7.05 Å². The highest BCUT2D eigenvalue weighted by atomic mass is 19.1. The number of aromatic nitrogens is 2. The van der Waals surface area contributed by atoms with Crippen molar-refractivity contribution in [1.82, 2.24) is 14.7 Å². The van der Waals surface area contributed by atoms with Gasteiger partial charge in [0.05, 0.1) is 0 Å². The van der Waals surface area contributed by atoms with Gasteiger partial charge < -0.3 is 9.80 Å². The molecule has 1 aliphatic heterocycles. The largest absolute Gasteiger partial charge is 0.368 e. The molecule has 2 amide bonds. The minimum absolute atomic E-state index is 0.137. The van der Waals surface area contributed by atoms with Crippen molar-refractivity contribution in [2.45, 2.75) is 6.92 Å². The average Bonchev–Trinajstić information content (AvgIpc) is 2.86. The van der Waals surface area contributed by atoms with Gasteiger partial charge in [0.2, 0.25) is 0 Å². The maximum absolute atomic E-state index is 13.0. The molecule has 7 heteroatoms. The van der Waals surface area contributed by atoms with E-state index in [4.69, 9.17) is 0 Å².